The van der Waals surface area contributed by atoms with Gasteiger partial charge >= 0.3 is 5.97 Å². The highest BCUT2D eigenvalue weighted by Crippen LogP contribution is 2.75. The summed E-state index contributed by atoms with van der Waals surface area (Å²) in [6, 6.07) is 4.47. The molecule has 0 aromatic heterocycles. The average Bonchev–Trinajstić information content (AvgIpc) is 2.93. The van der Waals surface area contributed by atoms with E-state index in [9.17, 15) is 20.1 Å². The Morgan fingerprint density at radius 1 is 0.886 bits per heavy atom. The highest BCUT2D eigenvalue weighted by atomic mass is 16.5. The van der Waals surface area contributed by atoms with Crippen LogP contribution >= 0.6 is 0 Å². The van der Waals surface area contributed by atoms with Gasteiger partial charge in [-0.1, -0.05) is 73.1 Å². The second-order valence-corrected chi connectivity index (χ2v) is 17.9. The number of hydrogen-bond donors (Lipinski definition) is 3. The molecular formula is C39H56O5. The Labute approximate surface area is 265 Å². The Bertz CT molecular complexity index is 1390. The van der Waals surface area contributed by atoms with Crippen LogP contribution in [0.2, 0.25) is 0 Å². The van der Waals surface area contributed by atoms with E-state index >= 15 is 0 Å². The average molecular weight is 605 g/mol. The summed E-state index contributed by atoms with van der Waals surface area (Å²) in [5.74, 6) is 0.244. The molecule has 0 saturated heterocycles. The second-order valence-electron chi connectivity index (χ2n) is 17.9. The van der Waals surface area contributed by atoms with Gasteiger partial charge in [-0.25, -0.2) is 4.79 Å². The predicted molar refractivity (Wildman–Crippen MR) is 175 cm³/mol. The van der Waals surface area contributed by atoms with Crippen LogP contribution in [0.3, 0.4) is 0 Å². The lowest BCUT2D eigenvalue weighted by atomic mass is 9.33. The summed E-state index contributed by atoms with van der Waals surface area (Å²) in [5, 5.41) is 31.6. The number of carbonyl (C=O) groups excluding carboxylic acids is 1. The van der Waals surface area contributed by atoms with Crippen molar-refractivity contribution in [2.24, 2.45) is 50.2 Å². The van der Waals surface area contributed by atoms with Gasteiger partial charge in [0, 0.05) is 17.4 Å². The van der Waals surface area contributed by atoms with Crippen molar-refractivity contribution in [2.45, 2.75) is 125 Å². The topological polar surface area (TPSA) is 87.0 Å². The van der Waals surface area contributed by atoms with E-state index in [1.54, 1.807) is 17.7 Å². The zero-order chi connectivity index (χ0) is 32.1. The van der Waals surface area contributed by atoms with Crippen LogP contribution < -0.4 is 0 Å². The van der Waals surface area contributed by atoms with Gasteiger partial charge in [0.2, 0.25) is 0 Å². The van der Waals surface area contributed by atoms with Gasteiger partial charge in [0.25, 0.3) is 0 Å². The van der Waals surface area contributed by atoms with Crippen LogP contribution in [-0.4, -0.2) is 33.5 Å². The Kier molecular flexibility index (Phi) is 7.29. The van der Waals surface area contributed by atoms with Crippen molar-refractivity contribution in [1.29, 1.82) is 0 Å². The van der Waals surface area contributed by atoms with Crippen molar-refractivity contribution in [3.05, 3.63) is 41.5 Å². The fourth-order valence-corrected chi connectivity index (χ4v) is 11.8. The minimum atomic E-state index is -0.456. The lowest BCUT2D eigenvalue weighted by Crippen LogP contribution is -2.67. The summed E-state index contributed by atoms with van der Waals surface area (Å²) in [6.45, 7) is 19.5. The van der Waals surface area contributed by atoms with E-state index in [-0.39, 0.29) is 45.2 Å². The molecule has 1 aromatic rings. The van der Waals surface area contributed by atoms with E-state index < -0.39 is 12.1 Å². The minimum Gasteiger partial charge on any atom is -0.504 e. The minimum absolute atomic E-state index is 0.0165. The lowest BCUT2D eigenvalue weighted by molar-refractivity contribution is -0.229. The number of fused-ring (bicyclic) bond motifs is 7. The first kappa shape index (κ1) is 31.7. The molecular weight excluding hydrogens is 548 g/mol. The smallest absolute Gasteiger partial charge is 0.331 e. The van der Waals surface area contributed by atoms with Crippen molar-refractivity contribution in [3.63, 3.8) is 0 Å². The monoisotopic (exact) mass is 604 g/mol. The van der Waals surface area contributed by atoms with E-state index in [4.69, 9.17) is 4.74 Å². The largest absolute Gasteiger partial charge is 0.504 e. The van der Waals surface area contributed by atoms with Crippen molar-refractivity contribution < 1.29 is 24.9 Å². The first-order valence-electron chi connectivity index (χ1n) is 17.2. The summed E-state index contributed by atoms with van der Waals surface area (Å²) in [6.07, 6.45) is 14.9. The van der Waals surface area contributed by atoms with Crippen LogP contribution in [0.15, 0.2) is 35.9 Å². The van der Waals surface area contributed by atoms with Crippen molar-refractivity contribution in [1.82, 2.24) is 0 Å². The molecule has 0 heterocycles. The third-order valence-corrected chi connectivity index (χ3v) is 14.6. The zero-order valence-electron chi connectivity index (χ0n) is 28.4. The van der Waals surface area contributed by atoms with Gasteiger partial charge in [0.15, 0.2) is 11.5 Å². The molecule has 6 rings (SSSR count). The number of benzene rings is 1. The first-order chi connectivity index (χ1) is 20.4. The molecule has 0 radical (unpaired) electrons. The maximum atomic E-state index is 13.0. The molecule has 5 aliphatic rings. The number of carbonyl (C=O) groups is 1. The Hall–Kier alpha value is -2.27. The summed E-state index contributed by atoms with van der Waals surface area (Å²) in [4.78, 5) is 13.0. The predicted octanol–water partition coefficient (Wildman–Crippen LogP) is 8.82. The number of aliphatic hydroxyl groups is 1. The number of phenols is 2. The Morgan fingerprint density at radius 2 is 1.59 bits per heavy atom. The molecule has 0 bridgehead atoms. The fraction of sp³-hybridized carbons (Fsp3) is 0.718. The summed E-state index contributed by atoms with van der Waals surface area (Å²) >= 11 is 0. The van der Waals surface area contributed by atoms with E-state index in [0.717, 1.165) is 25.7 Å². The maximum absolute atomic E-state index is 13.0. The number of ether oxygens (including phenoxy) is 1. The summed E-state index contributed by atoms with van der Waals surface area (Å²) in [5.41, 5.74) is 2.68. The van der Waals surface area contributed by atoms with Crippen LogP contribution in [0.5, 0.6) is 11.5 Å². The maximum Gasteiger partial charge on any atom is 0.331 e. The molecule has 1 aromatic carbocycles. The highest BCUT2D eigenvalue weighted by Gasteiger charge is 2.70. The third-order valence-electron chi connectivity index (χ3n) is 14.6. The second kappa shape index (κ2) is 10.1. The number of rotatable bonds is 3. The van der Waals surface area contributed by atoms with Crippen LogP contribution in [0, 0.1) is 50.2 Å². The Morgan fingerprint density at radius 3 is 2.30 bits per heavy atom. The molecule has 0 amide bonds. The molecule has 242 valence electrons. The molecule has 5 heteroatoms. The standard InChI is InChI=1S/C39H56O5/c1-34(2)17-18-36(5)19-20-38(7)25(26(36)23-34)22-29(42)33-37(6)15-14-31(35(3,4)30(37)13-16-39(33,38)8)44-32(43)12-10-24-9-11-27(40)28(41)21-24/h9-12,21-22,26,29-31,33,40-42H,13-20,23H2,1-8H3/b12-10+/t26-,29+,30-,31-,33+,36?,37-,38+,39+/m0/s1. The van der Waals surface area contributed by atoms with Gasteiger partial charge in [0.1, 0.15) is 6.10 Å². The van der Waals surface area contributed by atoms with E-state index in [1.807, 2.05) is 0 Å². The van der Waals surface area contributed by atoms with E-state index in [2.05, 4.69) is 61.5 Å². The number of allylic oxidation sites excluding steroid dienone is 1. The number of aromatic hydroxyl groups is 2. The van der Waals surface area contributed by atoms with Crippen molar-refractivity contribution in [2.75, 3.05) is 0 Å². The highest BCUT2D eigenvalue weighted by molar-refractivity contribution is 5.87. The van der Waals surface area contributed by atoms with Gasteiger partial charge in [-0.3, -0.25) is 0 Å². The molecule has 0 spiro atoms. The van der Waals surface area contributed by atoms with Gasteiger partial charge < -0.3 is 20.1 Å². The molecule has 0 aliphatic heterocycles. The molecule has 4 saturated carbocycles. The van der Waals surface area contributed by atoms with Gasteiger partial charge in [-0.05, 0) is 120 Å². The van der Waals surface area contributed by atoms with Gasteiger partial charge in [-0.15, -0.1) is 0 Å². The normalized spacial score (nSPS) is 44.0. The molecule has 5 aliphatic carbocycles. The summed E-state index contributed by atoms with van der Waals surface area (Å²) in [7, 11) is 0. The van der Waals surface area contributed by atoms with Crippen LogP contribution in [0.4, 0.5) is 0 Å². The van der Waals surface area contributed by atoms with Crippen molar-refractivity contribution >= 4 is 12.0 Å². The number of aliphatic hydroxyl groups excluding tert-OH is 1. The molecule has 5 nitrogen and oxygen atoms in total. The van der Waals surface area contributed by atoms with Crippen LogP contribution in [-0.2, 0) is 9.53 Å². The SMILES string of the molecule is CC1(C)CCC2(C)CC[C@]3(C)C(=C[C@@H](O)[C@@H]4[C@@]5(C)CC[C@H](OC(=O)/C=C/c6ccc(O)c(O)c6)C(C)(C)[C@@H]5CC[C@]43C)[C@@H]2C1. The van der Waals surface area contributed by atoms with Crippen LogP contribution in [0.25, 0.3) is 6.08 Å². The first-order valence-corrected chi connectivity index (χ1v) is 17.2. The van der Waals surface area contributed by atoms with Crippen molar-refractivity contribution in [3.8, 4) is 11.5 Å². The lowest BCUT2D eigenvalue weighted by Gasteiger charge is -2.72. The molecule has 4 fully saturated rings. The van der Waals surface area contributed by atoms with Crippen LogP contribution in [0.1, 0.15) is 119 Å². The van der Waals surface area contributed by atoms with E-state index in [1.165, 1.54) is 50.3 Å². The number of hydrogen-bond acceptors (Lipinski definition) is 5. The Balaban J connectivity index is 1.26. The third kappa shape index (κ3) is 4.61. The number of phenolic OH excluding ortho intramolecular Hbond substituents is 2. The molecule has 3 N–H and O–H groups in total. The van der Waals surface area contributed by atoms with E-state index in [0.29, 0.717) is 28.2 Å². The quantitative estimate of drug-likeness (QED) is 0.139. The van der Waals surface area contributed by atoms with Gasteiger partial charge in [0.05, 0.1) is 6.10 Å². The molecule has 1 unspecified atom stereocenters. The molecule has 44 heavy (non-hydrogen) atoms. The number of esters is 1. The fourth-order valence-electron chi connectivity index (χ4n) is 11.8. The zero-order valence-corrected chi connectivity index (χ0v) is 28.4. The summed E-state index contributed by atoms with van der Waals surface area (Å²) < 4.78 is 6.15. The molecule has 9 atom stereocenters. The van der Waals surface area contributed by atoms with Gasteiger partial charge in [-0.2, -0.15) is 0 Å².